The van der Waals surface area contributed by atoms with Gasteiger partial charge in [0.15, 0.2) is 12.1 Å². The lowest BCUT2D eigenvalue weighted by Gasteiger charge is -2.26. The Morgan fingerprint density at radius 3 is 2.62 bits per heavy atom. The van der Waals surface area contributed by atoms with E-state index in [0.717, 1.165) is 0 Å². The molecule has 2 aliphatic heterocycles. The van der Waals surface area contributed by atoms with Crippen LogP contribution in [0, 0.1) is 5.92 Å². The lowest BCUT2D eigenvalue weighted by molar-refractivity contribution is -0.222. The van der Waals surface area contributed by atoms with E-state index in [0.29, 0.717) is 0 Å². The van der Waals surface area contributed by atoms with Gasteiger partial charge in [0.2, 0.25) is 0 Å². The van der Waals surface area contributed by atoms with Crippen LogP contribution in [0.25, 0.3) is 0 Å². The van der Waals surface area contributed by atoms with Crippen LogP contribution in [0.5, 0.6) is 0 Å². The predicted octanol–water partition coefficient (Wildman–Crippen LogP) is -0.198. The third kappa shape index (κ3) is 1.96. The first-order chi connectivity index (χ1) is 7.48. The zero-order valence-corrected chi connectivity index (χ0v) is 9.30. The molecule has 0 aliphatic carbocycles. The SMILES string of the molecule is CC1(C)O[C@H]2O[C@H]([C@H](O)CO)[C@@H](CF)[C@H]2O1. The number of alkyl halides is 1. The fraction of sp³-hybridized carbons (Fsp3) is 1.00. The van der Waals surface area contributed by atoms with E-state index in [-0.39, 0.29) is 0 Å². The number of ether oxygens (including phenoxy) is 3. The average molecular weight is 236 g/mol. The maximum Gasteiger partial charge on any atom is 0.188 e. The molecule has 0 spiro atoms. The van der Waals surface area contributed by atoms with Gasteiger partial charge in [0.1, 0.15) is 12.2 Å². The molecule has 0 bridgehead atoms. The minimum absolute atomic E-state index is 0.468. The molecule has 16 heavy (non-hydrogen) atoms. The van der Waals surface area contributed by atoms with Gasteiger partial charge in [0, 0.05) is 5.92 Å². The smallest absolute Gasteiger partial charge is 0.188 e. The zero-order valence-electron chi connectivity index (χ0n) is 9.30. The fourth-order valence-electron chi connectivity index (χ4n) is 2.25. The molecule has 5 nitrogen and oxygen atoms in total. The molecule has 6 heteroatoms. The molecule has 5 atom stereocenters. The van der Waals surface area contributed by atoms with E-state index in [1.165, 1.54) is 0 Å². The molecule has 2 rings (SSSR count). The van der Waals surface area contributed by atoms with Crippen molar-refractivity contribution in [3.05, 3.63) is 0 Å². The first-order valence-corrected chi connectivity index (χ1v) is 5.34. The van der Waals surface area contributed by atoms with Gasteiger partial charge in [-0.1, -0.05) is 0 Å². The Kier molecular flexibility index (Phi) is 3.20. The van der Waals surface area contributed by atoms with Gasteiger partial charge in [0.05, 0.1) is 19.4 Å². The van der Waals surface area contributed by atoms with E-state index in [9.17, 15) is 9.50 Å². The normalized spacial score (nSPS) is 43.3. The summed E-state index contributed by atoms with van der Waals surface area (Å²) in [5.74, 6) is -1.40. The monoisotopic (exact) mass is 236 g/mol. The highest BCUT2D eigenvalue weighted by molar-refractivity contribution is 4.95. The molecule has 0 aromatic carbocycles. The Morgan fingerprint density at radius 1 is 1.38 bits per heavy atom. The van der Waals surface area contributed by atoms with E-state index in [1.807, 2.05) is 0 Å². The van der Waals surface area contributed by atoms with Gasteiger partial charge in [-0.15, -0.1) is 0 Å². The second kappa shape index (κ2) is 4.19. The first-order valence-electron chi connectivity index (χ1n) is 5.34. The second-order valence-corrected chi connectivity index (χ2v) is 4.64. The number of aliphatic hydroxyl groups excluding tert-OH is 2. The maximum atomic E-state index is 12.9. The number of hydrogen-bond acceptors (Lipinski definition) is 5. The Morgan fingerprint density at radius 2 is 2.06 bits per heavy atom. The number of hydrogen-bond donors (Lipinski definition) is 2. The number of aliphatic hydroxyl groups is 2. The molecule has 2 aliphatic rings. The molecular formula is C10H17FO5. The van der Waals surface area contributed by atoms with Gasteiger partial charge in [0.25, 0.3) is 0 Å². The Labute approximate surface area is 93.1 Å². The van der Waals surface area contributed by atoms with Crippen molar-refractivity contribution in [1.29, 1.82) is 0 Å². The van der Waals surface area contributed by atoms with Crippen molar-refractivity contribution in [2.75, 3.05) is 13.3 Å². The summed E-state index contributed by atoms with van der Waals surface area (Å²) < 4.78 is 29.3. The Balaban J connectivity index is 2.09. The lowest BCUT2D eigenvalue weighted by atomic mass is 9.96. The topological polar surface area (TPSA) is 68.2 Å². The summed E-state index contributed by atoms with van der Waals surface area (Å²) in [6, 6.07) is 0. The summed E-state index contributed by atoms with van der Waals surface area (Å²) >= 11 is 0. The summed E-state index contributed by atoms with van der Waals surface area (Å²) in [4.78, 5) is 0. The second-order valence-electron chi connectivity index (χ2n) is 4.64. The van der Waals surface area contributed by atoms with Crippen molar-refractivity contribution in [3.8, 4) is 0 Å². The molecule has 0 saturated carbocycles. The molecule has 0 aromatic heterocycles. The molecule has 0 unspecified atom stereocenters. The van der Waals surface area contributed by atoms with Crippen LogP contribution in [0.2, 0.25) is 0 Å². The van der Waals surface area contributed by atoms with Crippen molar-refractivity contribution in [2.45, 2.75) is 44.2 Å². The molecule has 2 N–H and O–H groups in total. The Bertz CT molecular complexity index is 260. The van der Waals surface area contributed by atoms with E-state index in [1.54, 1.807) is 13.8 Å². The van der Waals surface area contributed by atoms with Crippen molar-refractivity contribution in [3.63, 3.8) is 0 Å². The van der Waals surface area contributed by atoms with E-state index in [2.05, 4.69) is 0 Å². The minimum Gasteiger partial charge on any atom is -0.394 e. The fourth-order valence-corrected chi connectivity index (χ4v) is 2.25. The average Bonchev–Trinajstić information content (AvgIpc) is 2.68. The number of halogens is 1. The largest absolute Gasteiger partial charge is 0.394 e. The molecule has 94 valence electrons. The Hall–Kier alpha value is -0.270. The van der Waals surface area contributed by atoms with Crippen LogP contribution in [0.1, 0.15) is 13.8 Å². The van der Waals surface area contributed by atoms with Crippen LogP contribution in [0.4, 0.5) is 4.39 Å². The summed E-state index contributed by atoms with van der Waals surface area (Å²) in [7, 11) is 0. The predicted molar refractivity (Wildman–Crippen MR) is 51.3 cm³/mol. The molecule has 2 fully saturated rings. The molecule has 0 radical (unpaired) electrons. The number of fused-ring (bicyclic) bond motifs is 1. The summed E-state index contributed by atoms with van der Waals surface area (Å²) in [6.45, 7) is 2.30. The quantitative estimate of drug-likeness (QED) is 0.710. The molecule has 2 saturated heterocycles. The summed E-state index contributed by atoms with van der Waals surface area (Å²) in [5, 5.41) is 18.3. The van der Waals surface area contributed by atoms with Crippen LogP contribution >= 0.6 is 0 Å². The van der Waals surface area contributed by atoms with Crippen LogP contribution < -0.4 is 0 Å². The standard InChI is InChI=1S/C10H17FO5/c1-10(2)15-8-5(3-11)7(6(13)4-12)14-9(8)16-10/h5-9,12-13H,3-4H2,1-2H3/t5-,6-,7+,8-,9-/m1/s1. The van der Waals surface area contributed by atoms with Crippen molar-refractivity contribution < 1.29 is 28.8 Å². The molecule has 2 heterocycles. The molecular weight excluding hydrogens is 219 g/mol. The maximum absolute atomic E-state index is 12.9. The van der Waals surface area contributed by atoms with E-state index < -0.39 is 49.6 Å². The van der Waals surface area contributed by atoms with Crippen LogP contribution in [-0.2, 0) is 14.2 Å². The lowest BCUT2D eigenvalue weighted by Crippen LogP contribution is -2.39. The number of rotatable bonds is 3. The summed E-state index contributed by atoms with van der Waals surface area (Å²) in [6.07, 6.45) is -3.07. The van der Waals surface area contributed by atoms with Gasteiger partial charge < -0.3 is 24.4 Å². The van der Waals surface area contributed by atoms with Gasteiger partial charge in [-0.25, -0.2) is 0 Å². The molecule has 0 amide bonds. The van der Waals surface area contributed by atoms with Gasteiger partial charge in [-0.2, -0.15) is 0 Å². The van der Waals surface area contributed by atoms with Crippen LogP contribution in [-0.4, -0.2) is 53.9 Å². The van der Waals surface area contributed by atoms with Crippen molar-refractivity contribution >= 4 is 0 Å². The molecule has 0 aromatic rings. The first kappa shape index (κ1) is 12.2. The van der Waals surface area contributed by atoms with Gasteiger partial charge in [-0.05, 0) is 13.8 Å². The zero-order chi connectivity index (χ0) is 11.9. The highest BCUT2D eigenvalue weighted by Gasteiger charge is 2.56. The van der Waals surface area contributed by atoms with Crippen molar-refractivity contribution in [1.82, 2.24) is 0 Å². The van der Waals surface area contributed by atoms with Crippen LogP contribution in [0.15, 0.2) is 0 Å². The van der Waals surface area contributed by atoms with E-state index >= 15 is 0 Å². The highest BCUT2D eigenvalue weighted by Crippen LogP contribution is 2.41. The van der Waals surface area contributed by atoms with Crippen LogP contribution in [0.3, 0.4) is 0 Å². The van der Waals surface area contributed by atoms with E-state index in [4.69, 9.17) is 19.3 Å². The van der Waals surface area contributed by atoms with Gasteiger partial charge >= 0.3 is 0 Å². The van der Waals surface area contributed by atoms with Crippen molar-refractivity contribution in [2.24, 2.45) is 5.92 Å². The third-order valence-electron chi connectivity index (χ3n) is 2.97. The summed E-state index contributed by atoms with van der Waals surface area (Å²) in [5.41, 5.74) is 0. The third-order valence-corrected chi connectivity index (χ3v) is 2.97. The highest BCUT2D eigenvalue weighted by atomic mass is 19.1. The van der Waals surface area contributed by atoms with Gasteiger partial charge in [-0.3, -0.25) is 4.39 Å². The minimum atomic E-state index is -1.11.